The molecule has 0 aliphatic rings. The molecule has 0 bridgehead atoms. The highest BCUT2D eigenvalue weighted by atomic mass is 32.2. The van der Waals surface area contributed by atoms with E-state index < -0.39 is 9.84 Å². The van der Waals surface area contributed by atoms with Gasteiger partial charge in [0, 0.05) is 49.0 Å². The highest BCUT2D eigenvalue weighted by Crippen LogP contribution is 2.26. The third kappa shape index (κ3) is 4.66. The summed E-state index contributed by atoms with van der Waals surface area (Å²) in [6, 6.07) is 15.2. The SMILES string of the molecule is Cc1c2ccc(Nc3ccnc(N(C)c4cccc(CS(C)(=O)=O)c4)n3)cc2nn1C. The number of anilines is 4. The maximum absolute atomic E-state index is 11.6. The van der Waals surface area contributed by atoms with E-state index in [1.807, 2.05) is 67.0 Å². The van der Waals surface area contributed by atoms with Gasteiger partial charge < -0.3 is 10.2 Å². The Balaban J connectivity index is 1.57. The minimum absolute atomic E-state index is 0.00734. The van der Waals surface area contributed by atoms with E-state index in [0.29, 0.717) is 11.8 Å². The number of benzene rings is 2. The zero-order valence-electron chi connectivity index (χ0n) is 17.9. The van der Waals surface area contributed by atoms with Gasteiger partial charge in [0.15, 0.2) is 9.84 Å². The van der Waals surface area contributed by atoms with Crippen molar-refractivity contribution in [3.63, 3.8) is 0 Å². The molecule has 4 rings (SSSR count). The molecule has 1 N–H and O–H groups in total. The number of nitrogens with zero attached hydrogens (tertiary/aromatic N) is 5. The van der Waals surface area contributed by atoms with E-state index in [0.717, 1.165) is 33.5 Å². The van der Waals surface area contributed by atoms with Crippen LogP contribution in [0.25, 0.3) is 10.9 Å². The Morgan fingerprint density at radius 3 is 2.71 bits per heavy atom. The zero-order chi connectivity index (χ0) is 22.2. The molecule has 2 heterocycles. The van der Waals surface area contributed by atoms with Crippen LogP contribution >= 0.6 is 0 Å². The van der Waals surface area contributed by atoms with Gasteiger partial charge in [-0.3, -0.25) is 4.68 Å². The summed E-state index contributed by atoms with van der Waals surface area (Å²) in [6.07, 6.45) is 2.91. The molecule has 0 fully saturated rings. The van der Waals surface area contributed by atoms with Crippen molar-refractivity contribution in [1.29, 1.82) is 0 Å². The fraction of sp³-hybridized carbons (Fsp3) is 0.227. The molecule has 2 aromatic heterocycles. The summed E-state index contributed by atoms with van der Waals surface area (Å²) in [5.74, 6) is 1.14. The maximum Gasteiger partial charge on any atom is 0.231 e. The monoisotopic (exact) mass is 436 g/mol. The van der Waals surface area contributed by atoms with Gasteiger partial charge in [-0.25, -0.2) is 13.4 Å². The predicted octanol–water partition coefficient (Wildman–Crippen LogP) is 3.73. The van der Waals surface area contributed by atoms with Crippen LogP contribution in [-0.4, -0.2) is 41.5 Å². The van der Waals surface area contributed by atoms with Crippen LogP contribution in [0.5, 0.6) is 0 Å². The lowest BCUT2D eigenvalue weighted by molar-refractivity contribution is 0.601. The first kappa shape index (κ1) is 20.8. The average molecular weight is 437 g/mol. The second-order valence-corrected chi connectivity index (χ2v) is 9.75. The van der Waals surface area contributed by atoms with Gasteiger partial charge >= 0.3 is 0 Å². The highest BCUT2D eigenvalue weighted by Gasteiger charge is 2.11. The first-order valence-corrected chi connectivity index (χ1v) is 11.8. The molecule has 0 radical (unpaired) electrons. The minimum Gasteiger partial charge on any atom is -0.340 e. The number of aromatic nitrogens is 4. The summed E-state index contributed by atoms with van der Waals surface area (Å²) in [5, 5.41) is 8.95. The molecule has 0 amide bonds. The first-order chi connectivity index (χ1) is 14.7. The van der Waals surface area contributed by atoms with Gasteiger partial charge in [-0.1, -0.05) is 12.1 Å². The van der Waals surface area contributed by atoms with E-state index in [2.05, 4.69) is 20.4 Å². The van der Waals surface area contributed by atoms with E-state index in [-0.39, 0.29) is 5.75 Å². The molecule has 0 saturated carbocycles. The summed E-state index contributed by atoms with van der Waals surface area (Å²) in [5.41, 5.74) is 4.45. The van der Waals surface area contributed by atoms with Crippen LogP contribution in [0.3, 0.4) is 0 Å². The number of rotatable bonds is 6. The summed E-state index contributed by atoms with van der Waals surface area (Å²) in [6.45, 7) is 2.04. The Morgan fingerprint density at radius 2 is 1.94 bits per heavy atom. The van der Waals surface area contributed by atoms with Gasteiger partial charge in [-0.15, -0.1) is 0 Å². The molecule has 0 aliphatic carbocycles. The van der Waals surface area contributed by atoms with Crippen molar-refractivity contribution in [2.45, 2.75) is 12.7 Å². The molecule has 0 unspecified atom stereocenters. The quantitative estimate of drug-likeness (QED) is 0.492. The van der Waals surface area contributed by atoms with Gasteiger partial charge in [0.2, 0.25) is 5.95 Å². The van der Waals surface area contributed by atoms with E-state index >= 15 is 0 Å². The molecule has 8 nitrogen and oxygen atoms in total. The third-order valence-corrected chi connectivity index (χ3v) is 5.93. The van der Waals surface area contributed by atoms with Crippen molar-refractivity contribution in [1.82, 2.24) is 19.7 Å². The third-order valence-electron chi connectivity index (χ3n) is 5.07. The van der Waals surface area contributed by atoms with Gasteiger partial charge in [-0.05, 0) is 48.9 Å². The van der Waals surface area contributed by atoms with Crippen molar-refractivity contribution < 1.29 is 8.42 Å². The van der Waals surface area contributed by atoms with Crippen LogP contribution in [0.2, 0.25) is 0 Å². The molecular formula is C22H24N6O2S. The van der Waals surface area contributed by atoms with Crippen LogP contribution in [0.1, 0.15) is 11.3 Å². The summed E-state index contributed by atoms with van der Waals surface area (Å²) >= 11 is 0. The molecule has 0 atom stereocenters. The van der Waals surface area contributed by atoms with Gasteiger partial charge in [0.25, 0.3) is 0 Å². The Hall–Kier alpha value is -3.46. The number of nitrogens with one attached hydrogen (secondary N) is 1. The first-order valence-electron chi connectivity index (χ1n) is 9.73. The lowest BCUT2D eigenvalue weighted by Gasteiger charge is -2.18. The van der Waals surface area contributed by atoms with E-state index in [9.17, 15) is 8.42 Å². The number of sulfone groups is 1. The van der Waals surface area contributed by atoms with E-state index in [1.165, 1.54) is 6.26 Å². The Morgan fingerprint density at radius 1 is 1.13 bits per heavy atom. The number of fused-ring (bicyclic) bond motifs is 1. The smallest absolute Gasteiger partial charge is 0.231 e. The normalized spacial score (nSPS) is 11.6. The van der Waals surface area contributed by atoms with Crippen LogP contribution in [-0.2, 0) is 22.6 Å². The Labute approximate surface area is 181 Å². The number of hydrogen-bond donors (Lipinski definition) is 1. The number of hydrogen-bond acceptors (Lipinski definition) is 7. The van der Waals surface area contributed by atoms with E-state index in [1.54, 1.807) is 18.3 Å². The van der Waals surface area contributed by atoms with Crippen molar-refractivity contribution in [2.24, 2.45) is 7.05 Å². The molecule has 9 heteroatoms. The highest BCUT2D eigenvalue weighted by molar-refractivity contribution is 7.89. The standard InChI is InChI=1S/C22H24N6O2S/c1-15-19-9-8-17(13-20(19)26-28(15)3)24-21-10-11-23-22(25-21)27(2)18-7-5-6-16(12-18)14-31(4,29)30/h5-13H,14H2,1-4H3,(H,23,24,25). The van der Waals surface area contributed by atoms with Crippen LogP contribution in [0, 0.1) is 6.92 Å². The molecule has 0 saturated heterocycles. The van der Waals surface area contributed by atoms with Crippen molar-refractivity contribution in [2.75, 3.05) is 23.5 Å². The molecule has 0 aliphatic heterocycles. The minimum atomic E-state index is -3.11. The Bertz CT molecular complexity index is 1360. The zero-order valence-corrected chi connectivity index (χ0v) is 18.7. The van der Waals surface area contributed by atoms with Crippen LogP contribution in [0.15, 0.2) is 54.7 Å². The molecule has 31 heavy (non-hydrogen) atoms. The van der Waals surface area contributed by atoms with Gasteiger partial charge in [0.1, 0.15) is 5.82 Å². The molecule has 160 valence electrons. The summed E-state index contributed by atoms with van der Waals surface area (Å²) in [4.78, 5) is 10.8. The van der Waals surface area contributed by atoms with Crippen LogP contribution in [0.4, 0.5) is 23.1 Å². The second-order valence-electron chi connectivity index (χ2n) is 7.61. The summed E-state index contributed by atoms with van der Waals surface area (Å²) < 4.78 is 25.1. The molecular weight excluding hydrogens is 412 g/mol. The maximum atomic E-state index is 11.6. The van der Waals surface area contributed by atoms with E-state index in [4.69, 9.17) is 0 Å². The largest absolute Gasteiger partial charge is 0.340 e. The fourth-order valence-corrected chi connectivity index (χ4v) is 4.19. The lowest BCUT2D eigenvalue weighted by Crippen LogP contribution is -2.14. The topological polar surface area (TPSA) is 93.0 Å². The second kappa shape index (κ2) is 7.99. The summed E-state index contributed by atoms with van der Waals surface area (Å²) in [7, 11) is 0.670. The molecule has 0 spiro atoms. The predicted molar refractivity (Wildman–Crippen MR) is 124 cm³/mol. The van der Waals surface area contributed by atoms with Crippen molar-refractivity contribution >= 4 is 43.9 Å². The average Bonchev–Trinajstić information content (AvgIpc) is 3.00. The van der Waals surface area contributed by atoms with Gasteiger partial charge in [0.05, 0.1) is 11.3 Å². The number of aryl methyl sites for hydroxylation is 2. The molecule has 4 aromatic rings. The lowest BCUT2D eigenvalue weighted by atomic mass is 10.2. The molecule has 2 aromatic carbocycles. The van der Waals surface area contributed by atoms with Crippen LogP contribution < -0.4 is 10.2 Å². The Kier molecular flexibility index (Phi) is 5.36. The fourth-order valence-electron chi connectivity index (χ4n) is 3.41. The van der Waals surface area contributed by atoms with Crippen molar-refractivity contribution in [3.8, 4) is 0 Å². The van der Waals surface area contributed by atoms with Crippen molar-refractivity contribution in [3.05, 3.63) is 66.0 Å². The van der Waals surface area contributed by atoms with Gasteiger partial charge in [-0.2, -0.15) is 10.1 Å².